The molecule has 0 aliphatic carbocycles. The first-order chi connectivity index (χ1) is 7.33. The van der Waals surface area contributed by atoms with Crippen molar-refractivity contribution in [2.24, 2.45) is 5.73 Å². The van der Waals surface area contributed by atoms with Gasteiger partial charge in [0.25, 0.3) is 0 Å². The second-order valence-electron chi connectivity index (χ2n) is 3.85. The van der Waals surface area contributed by atoms with Crippen molar-refractivity contribution in [1.29, 1.82) is 0 Å². The van der Waals surface area contributed by atoms with Crippen LogP contribution in [0.2, 0.25) is 0 Å². The number of benzene rings is 1. The number of unbranched alkanes of at least 4 members (excludes halogenated alkanes) is 1. The third-order valence-corrected chi connectivity index (χ3v) is 2.70. The molecule has 0 aromatic heterocycles. The van der Waals surface area contributed by atoms with Crippen molar-refractivity contribution >= 4 is 0 Å². The van der Waals surface area contributed by atoms with Crippen LogP contribution in [-0.4, -0.2) is 13.3 Å². The molecule has 0 saturated heterocycles. The van der Waals surface area contributed by atoms with Crippen LogP contribution in [0.15, 0.2) is 12.1 Å². The molecule has 1 heterocycles. The molecule has 0 bridgehead atoms. The van der Waals surface area contributed by atoms with Crippen LogP contribution in [0.25, 0.3) is 0 Å². The molecular formula is C12H17NO2. The van der Waals surface area contributed by atoms with Gasteiger partial charge >= 0.3 is 0 Å². The van der Waals surface area contributed by atoms with Crippen molar-refractivity contribution in [3.8, 4) is 11.5 Å². The van der Waals surface area contributed by atoms with Crippen LogP contribution in [-0.2, 0) is 6.42 Å². The molecule has 1 aromatic carbocycles. The van der Waals surface area contributed by atoms with E-state index in [2.05, 4.69) is 12.1 Å². The largest absolute Gasteiger partial charge is 0.453 e. The lowest BCUT2D eigenvalue weighted by molar-refractivity contribution is 0.172. The Morgan fingerprint density at radius 1 is 1.20 bits per heavy atom. The maximum absolute atomic E-state index is 5.49. The maximum atomic E-state index is 5.49. The number of hydrogen-bond acceptors (Lipinski definition) is 3. The van der Waals surface area contributed by atoms with Gasteiger partial charge in [0, 0.05) is 0 Å². The van der Waals surface area contributed by atoms with Gasteiger partial charge in [0.2, 0.25) is 6.79 Å². The van der Waals surface area contributed by atoms with Crippen molar-refractivity contribution in [3.05, 3.63) is 23.3 Å². The highest BCUT2D eigenvalue weighted by Crippen LogP contribution is 2.38. The van der Waals surface area contributed by atoms with E-state index < -0.39 is 0 Å². The number of nitrogens with two attached hydrogens (primary N) is 1. The van der Waals surface area contributed by atoms with Crippen LogP contribution >= 0.6 is 0 Å². The molecule has 0 saturated carbocycles. The van der Waals surface area contributed by atoms with Crippen molar-refractivity contribution in [2.75, 3.05) is 13.3 Å². The zero-order valence-electron chi connectivity index (χ0n) is 9.08. The lowest BCUT2D eigenvalue weighted by Crippen LogP contribution is -1.99. The third kappa shape index (κ3) is 2.07. The van der Waals surface area contributed by atoms with Gasteiger partial charge in [-0.1, -0.05) is 12.1 Å². The standard InChI is InChI=1S/C12H17NO2/c1-9-5-6-10(4-2-3-7-13)12-11(9)14-8-15-12/h5-6H,2-4,7-8,13H2,1H3. The first-order valence-corrected chi connectivity index (χ1v) is 5.41. The van der Waals surface area contributed by atoms with Crippen molar-refractivity contribution in [3.63, 3.8) is 0 Å². The Morgan fingerprint density at radius 3 is 2.80 bits per heavy atom. The Balaban J connectivity index is 2.15. The molecule has 1 aliphatic rings. The Bertz CT molecular complexity index is 350. The molecule has 2 N–H and O–H groups in total. The van der Waals surface area contributed by atoms with E-state index in [9.17, 15) is 0 Å². The fourth-order valence-corrected chi connectivity index (χ4v) is 1.84. The summed E-state index contributed by atoms with van der Waals surface area (Å²) in [6.07, 6.45) is 3.18. The highest BCUT2D eigenvalue weighted by molar-refractivity contribution is 5.52. The SMILES string of the molecule is Cc1ccc(CCCCN)c2c1OCO2. The fraction of sp³-hybridized carbons (Fsp3) is 0.500. The molecule has 0 fully saturated rings. The summed E-state index contributed by atoms with van der Waals surface area (Å²) >= 11 is 0. The van der Waals surface area contributed by atoms with Crippen molar-refractivity contribution in [2.45, 2.75) is 26.2 Å². The summed E-state index contributed by atoms with van der Waals surface area (Å²) in [6.45, 7) is 3.15. The van der Waals surface area contributed by atoms with E-state index in [1.807, 2.05) is 6.92 Å². The molecule has 3 heteroatoms. The quantitative estimate of drug-likeness (QED) is 0.768. The highest BCUT2D eigenvalue weighted by atomic mass is 16.7. The zero-order valence-corrected chi connectivity index (χ0v) is 9.08. The number of rotatable bonds is 4. The molecule has 15 heavy (non-hydrogen) atoms. The summed E-state index contributed by atoms with van der Waals surface area (Å²) in [6, 6.07) is 4.21. The smallest absolute Gasteiger partial charge is 0.231 e. The van der Waals surface area contributed by atoms with E-state index in [1.165, 1.54) is 5.56 Å². The van der Waals surface area contributed by atoms with Gasteiger partial charge in [-0.2, -0.15) is 0 Å². The van der Waals surface area contributed by atoms with Crippen LogP contribution < -0.4 is 15.2 Å². The normalized spacial score (nSPS) is 13.2. The molecule has 0 spiro atoms. The molecular weight excluding hydrogens is 190 g/mol. The van der Waals surface area contributed by atoms with E-state index in [0.717, 1.165) is 42.9 Å². The lowest BCUT2D eigenvalue weighted by Gasteiger charge is -2.07. The summed E-state index contributed by atoms with van der Waals surface area (Å²) in [5.41, 5.74) is 7.85. The number of hydrogen-bond donors (Lipinski definition) is 1. The molecule has 3 nitrogen and oxygen atoms in total. The van der Waals surface area contributed by atoms with Gasteiger partial charge in [0.05, 0.1) is 0 Å². The van der Waals surface area contributed by atoms with Crippen LogP contribution in [0.3, 0.4) is 0 Å². The van der Waals surface area contributed by atoms with Crippen LogP contribution in [0.1, 0.15) is 24.0 Å². The number of ether oxygens (including phenoxy) is 2. The van der Waals surface area contributed by atoms with Gasteiger partial charge < -0.3 is 15.2 Å². The monoisotopic (exact) mass is 207 g/mol. The van der Waals surface area contributed by atoms with E-state index >= 15 is 0 Å². The van der Waals surface area contributed by atoms with Gasteiger partial charge in [-0.15, -0.1) is 0 Å². The molecule has 0 unspecified atom stereocenters. The fourth-order valence-electron chi connectivity index (χ4n) is 1.84. The number of aryl methyl sites for hydroxylation is 2. The summed E-state index contributed by atoms with van der Waals surface area (Å²) in [4.78, 5) is 0. The maximum Gasteiger partial charge on any atom is 0.231 e. The minimum absolute atomic E-state index is 0.351. The van der Waals surface area contributed by atoms with E-state index in [0.29, 0.717) is 6.79 Å². The van der Waals surface area contributed by atoms with Crippen molar-refractivity contribution < 1.29 is 9.47 Å². The summed E-state index contributed by atoms with van der Waals surface area (Å²) in [5, 5.41) is 0. The molecule has 0 atom stereocenters. The average molecular weight is 207 g/mol. The highest BCUT2D eigenvalue weighted by Gasteiger charge is 2.19. The van der Waals surface area contributed by atoms with Gasteiger partial charge in [0.1, 0.15) is 0 Å². The predicted octanol–water partition coefficient (Wildman–Crippen LogP) is 2.01. The third-order valence-electron chi connectivity index (χ3n) is 2.70. The van der Waals surface area contributed by atoms with Gasteiger partial charge in [-0.25, -0.2) is 0 Å². The molecule has 82 valence electrons. The predicted molar refractivity (Wildman–Crippen MR) is 59.3 cm³/mol. The van der Waals surface area contributed by atoms with Gasteiger partial charge in [-0.05, 0) is 43.9 Å². The van der Waals surface area contributed by atoms with Gasteiger partial charge in [-0.3, -0.25) is 0 Å². The van der Waals surface area contributed by atoms with Crippen LogP contribution in [0, 0.1) is 6.92 Å². The summed E-state index contributed by atoms with van der Waals surface area (Å²) in [7, 11) is 0. The average Bonchev–Trinajstić information content (AvgIpc) is 2.71. The first kappa shape index (κ1) is 10.3. The van der Waals surface area contributed by atoms with E-state index in [-0.39, 0.29) is 0 Å². The molecule has 1 aliphatic heterocycles. The minimum Gasteiger partial charge on any atom is -0.453 e. The Kier molecular flexibility index (Phi) is 3.11. The van der Waals surface area contributed by atoms with Gasteiger partial charge in [0.15, 0.2) is 11.5 Å². The molecule has 2 rings (SSSR count). The second-order valence-corrected chi connectivity index (χ2v) is 3.85. The lowest BCUT2D eigenvalue weighted by atomic mass is 10.0. The van der Waals surface area contributed by atoms with E-state index in [1.54, 1.807) is 0 Å². The molecule has 0 radical (unpaired) electrons. The molecule has 1 aromatic rings. The van der Waals surface area contributed by atoms with Crippen molar-refractivity contribution in [1.82, 2.24) is 0 Å². The van der Waals surface area contributed by atoms with E-state index in [4.69, 9.17) is 15.2 Å². The first-order valence-electron chi connectivity index (χ1n) is 5.41. The van der Waals surface area contributed by atoms with Crippen LogP contribution in [0.5, 0.6) is 11.5 Å². The Morgan fingerprint density at radius 2 is 2.00 bits per heavy atom. The summed E-state index contributed by atoms with van der Waals surface area (Å²) < 4.78 is 10.9. The summed E-state index contributed by atoms with van der Waals surface area (Å²) in [5.74, 6) is 1.85. The topological polar surface area (TPSA) is 44.5 Å². The number of fused-ring (bicyclic) bond motifs is 1. The second kappa shape index (κ2) is 4.53. The van der Waals surface area contributed by atoms with Crippen LogP contribution in [0.4, 0.5) is 0 Å². The molecule has 0 amide bonds. The minimum atomic E-state index is 0.351. The zero-order chi connectivity index (χ0) is 10.7. The Hall–Kier alpha value is -1.22. The Labute approximate surface area is 90.2 Å².